The molecule has 0 aromatic rings. The van der Waals surface area contributed by atoms with Crippen molar-refractivity contribution in [3.63, 3.8) is 0 Å². The van der Waals surface area contributed by atoms with Gasteiger partial charge in [-0.3, -0.25) is 0 Å². The third kappa shape index (κ3) is 7.28. The summed E-state index contributed by atoms with van der Waals surface area (Å²) in [4.78, 5) is 2.77. The molecule has 1 aliphatic rings. The van der Waals surface area contributed by atoms with Gasteiger partial charge in [0.1, 0.15) is 32.6 Å². The molecule has 23 heavy (non-hydrogen) atoms. The summed E-state index contributed by atoms with van der Waals surface area (Å²) in [5.41, 5.74) is 9.47. The van der Waals surface area contributed by atoms with Crippen LogP contribution in [0.15, 0.2) is 16.8 Å². The fourth-order valence-electron chi connectivity index (χ4n) is 2.35. The summed E-state index contributed by atoms with van der Waals surface area (Å²) in [6, 6.07) is 0. The quantitative estimate of drug-likeness (QED) is 0.178. The summed E-state index contributed by atoms with van der Waals surface area (Å²) in [6.07, 6.45) is 2.31. The lowest BCUT2D eigenvalue weighted by molar-refractivity contribution is -0.200. The zero-order valence-corrected chi connectivity index (χ0v) is 13.8. The lowest BCUT2D eigenvalue weighted by Crippen LogP contribution is -2.45. The highest BCUT2D eigenvalue weighted by Gasteiger charge is 2.35. The molecule has 0 heterocycles. The molecule has 0 aromatic carbocycles. The van der Waals surface area contributed by atoms with Crippen LogP contribution in [0.1, 0.15) is 12.8 Å². The van der Waals surface area contributed by atoms with Crippen molar-refractivity contribution in [1.82, 2.24) is 0 Å². The van der Waals surface area contributed by atoms with Crippen LogP contribution < -0.4 is 0 Å². The minimum absolute atomic E-state index is 0.131. The molecule has 0 spiro atoms. The molecule has 3 atom stereocenters. The van der Waals surface area contributed by atoms with Crippen molar-refractivity contribution in [1.29, 1.82) is 0 Å². The smallest absolute Gasteiger partial charge is 0.147 e. The Kier molecular flexibility index (Phi) is 10.6. The van der Waals surface area contributed by atoms with Crippen molar-refractivity contribution >= 4 is 0 Å². The van der Waals surface area contributed by atoms with Crippen LogP contribution >= 0.6 is 0 Å². The first kappa shape index (κ1) is 19.9. The van der Waals surface area contributed by atoms with Crippen LogP contribution in [0.4, 0.5) is 0 Å². The van der Waals surface area contributed by atoms with Crippen molar-refractivity contribution in [2.75, 3.05) is 48.3 Å². The molecule has 0 N–H and O–H groups in total. The zero-order chi connectivity index (χ0) is 16.9. The van der Waals surface area contributed by atoms with Crippen LogP contribution in [0.25, 0.3) is 10.4 Å². The van der Waals surface area contributed by atoms with Gasteiger partial charge in [0.15, 0.2) is 0 Å². The number of hydrogen-bond donors (Lipinski definition) is 0. The predicted molar refractivity (Wildman–Crippen MR) is 81.6 cm³/mol. The second-order valence-electron chi connectivity index (χ2n) is 4.92. The Morgan fingerprint density at radius 3 is 2.39 bits per heavy atom. The van der Waals surface area contributed by atoms with E-state index < -0.39 is 0 Å². The summed E-state index contributed by atoms with van der Waals surface area (Å²) in [7, 11) is 4.67. The summed E-state index contributed by atoms with van der Waals surface area (Å²) in [5.74, 6) is 0. The van der Waals surface area contributed by atoms with Crippen molar-refractivity contribution in [2.45, 2.75) is 31.2 Å². The fraction of sp³-hybridized carbons (Fsp3) is 0.857. The minimum atomic E-state index is -0.346. The van der Waals surface area contributed by atoms with Gasteiger partial charge >= 0.3 is 0 Å². The zero-order valence-electron chi connectivity index (χ0n) is 13.8. The molecule has 0 unspecified atom stereocenters. The van der Waals surface area contributed by atoms with Crippen LogP contribution in [-0.4, -0.2) is 66.6 Å². The van der Waals surface area contributed by atoms with Gasteiger partial charge in [0.05, 0.1) is 6.10 Å². The molecule has 0 bridgehead atoms. The number of azide groups is 1. The average molecular weight is 331 g/mol. The van der Waals surface area contributed by atoms with Gasteiger partial charge in [-0.05, 0) is 18.4 Å². The molecular formula is C14H25N3O6. The SMILES string of the molecule is COCO[C@@H]1[C@H](OCOC)C=C(CCN=[N+]=[N-])C[C@H]1OCOC. The van der Waals surface area contributed by atoms with E-state index in [0.29, 0.717) is 19.4 Å². The first-order valence-electron chi connectivity index (χ1n) is 7.28. The highest BCUT2D eigenvalue weighted by Crippen LogP contribution is 2.28. The number of nitrogens with zero attached hydrogens (tertiary/aromatic N) is 3. The van der Waals surface area contributed by atoms with Crippen molar-refractivity contribution in [3.05, 3.63) is 22.1 Å². The number of hydrogen-bond acceptors (Lipinski definition) is 7. The van der Waals surface area contributed by atoms with Crippen LogP contribution in [-0.2, 0) is 28.4 Å². The maximum atomic E-state index is 8.39. The van der Waals surface area contributed by atoms with E-state index in [4.69, 9.17) is 34.0 Å². The van der Waals surface area contributed by atoms with Crippen LogP contribution in [0.5, 0.6) is 0 Å². The van der Waals surface area contributed by atoms with E-state index in [1.54, 1.807) is 21.3 Å². The van der Waals surface area contributed by atoms with E-state index in [9.17, 15) is 0 Å². The third-order valence-electron chi connectivity index (χ3n) is 3.31. The van der Waals surface area contributed by atoms with Gasteiger partial charge in [0, 0.05) is 32.8 Å². The Balaban J connectivity index is 2.83. The Hall–Kier alpha value is -1.19. The molecule has 0 radical (unpaired) electrons. The Bertz CT molecular complexity index is 400. The molecule has 132 valence electrons. The van der Waals surface area contributed by atoms with Crippen LogP contribution in [0.3, 0.4) is 0 Å². The summed E-state index contributed by atoms with van der Waals surface area (Å²) < 4.78 is 32.1. The van der Waals surface area contributed by atoms with Gasteiger partial charge in [0.2, 0.25) is 0 Å². The second kappa shape index (κ2) is 12.3. The van der Waals surface area contributed by atoms with E-state index in [1.807, 2.05) is 6.08 Å². The van der Waals surface area contributed by atoms with E-state index in [2.05, 4.69) is 10.0 Å². The van der Waals surface area contributed by atoms with Crippen molar-refractivity contribution in [3.8, 4) is 0 Å². The third-order valence-corrected chi connectivity index (χ3v) is 3.31. The maximum Gasteiger partial charge on any atom is 0.147 e. The van der Waals surface area contributed by atoms with E-state index in [-0.39, 0.29) is 38.7 Å². The van der Waals surface area contributed by atoms with E-state index in [0.717, 1.165) is 5.57 Å². The Morgan fingerprint density at radius 1 is 1.09 bits per heavy atom. The highest BCUT2D eigenvalue weighted by molar-refractivity contribution is 5.15. The number of ether oxygens (including phenoxy) is 6. The molecular weight excluding hydrogens is 306 g/mol. The van der Waals surface area contributed by atoms with Gasteiger partial charge in [-0.15, -0.1) is 0 Å². The molecule has 1 aliphatic carbocycles. The molecule has 0 saturated carbocycles. The Morgan fingerprint density at radius 2 is 1.74 bits per heavy atom. The highest BCUT2D eigenvalue weighted by atomic mass is 16.7. The van der Waals surface area contributed by atoms with Crippen LogP contribution in [0, 0.1) is 0 Å². The topological polar surface area (TPSA) is 104 Å². The molecule has 9 heteroatoms. The fourth-order valence-corrected chi connectivity index (χ4v) is 2.35. The first-order valence-corrected chi connectivity index (χ1v) is 7.28. The van der Waals surface area contributed by atoms with E-state index in [1.165, 1.54) is 0 Å². The van der Waals surface area contributed by atoms with Gasteiger partial charge in [-0.2, -0.15) is 0 Å². The molecule has 0 saturated heterocycles. The van der Waals surface area contributed by atoms with Gasteiger partial charge in [0.25, 0.3) is 0 Å². The molecule has 0 amide bonds. The minimum Gasteiger partial charge on any atom is -0.359 e. The lowest BCUT2D eigenvalue weighted by atomic mass is 9.90. The van der Waals surface area contributed by atoms with Gasteiger partial charge < -0.3 is 28.4 Å². The molecule has 9 nitrogen and oxygen atoms in total. The Labute approximate surface area is 136 Å². The summed E-state index contributed by atoms with van der Waals surface area (Å²) in [5, 5.41) is 3.57. The molecule has 0 aliphatic heterocycles. The van der Waals surface area contributed by atoms with Crippen molar-refractivity contribution < 1.29 is 28.4 Å². The average Bonchev–Trinajstić information content (AvgIpc) is 2.57. The number of methoxy groups -OCH3 is 3. The van der Waals surface area contributed by atoms with E-state index >= 15 is 0 Å². The maximum absolute atomic E-state index is 8.39. The molecule has 1 rings (SSSR count). The summed E-state index contributed by atoms with van der Waals surface area (Å²) in [6.45, 7) is 0.805. The second-order valence-corrected chi connectivity index (χ2v) is 4.92. The predicted octanol–water partition coefficient (Wildman–Crippen LogP) is 1.98. The molecule has 0 fully saturated rings. The van der Waals surface area contributed by atoms with Crippen LogP contribution in [0.2, 0.25) is 0 Å². The standard InChI is InChI=1S/C14H25N3O6/c1-18-8-21-12-6-11(4-5-16-17-15)7-13(22-9-19-2)14(12)23-10-20-3/h6,12-14H,4-5,7-10H2,1-3H3/t12-,13-,14-/m1/s1. The largest absolute Gasteiger partial charge is 0.359 e. The molecule has 0 aromatic heterocycles. The lowest BCUT2D eigenvalue weighted by Gasteiger charge is -2.36. The number of rotatable bonds is 12. The van der Waals surface area contributed by atoms with Crippen molar-refractivity contribution in [2.24, 2.45) is 5.11 Å². The normalized spacial score (nSPS) is 24.1. The monoisotopic (exact) mass is 331 g/mol. The van der Waals surface area contributed by atoms with Gasteiger partial charge in [-0.1, -0.05) is 16.8 Å². The first-order chi connectivity index (χ1) is 11.3. The van der Waals surface area contributed by atoms with Gasteiger partial charge in [-0.25, -0.2) is 0 Å². The summed E-state index contributed by atoms with van der Waals surface area (Å²) >= 11 is 0.